The third-order valence-electron chi connectivity index (χ3n) is 24.6. The van der Waals surface area contributed by atoms with Crippen molar-refractivity contribution in [3.05, 3.63) is 211 Å². The van der Waals surface area contributed by atoms with Crippen molar-refractivity contribution < 1.29 is 50.3 Å². The predicted octanol–water partition coefficient (Wildman–Crippen LogP) is 26.7. The van der Waals surface area contributed by atoms with E-state index in [1.54, 1.807) is 12.1 Å². The summed E-state index contributed by atoms with van der Waals surface area (Å²) in [6.45, 7) is 48.7. The molecule has 10 heteroatoms. The van der Waals surface area contributed by atoms with Gasteiger partial charge in [0, 0.05) is 69.2 Å². The van der Waals surface area contributed by atoms with Crippen LogP contribution in [0.2, 0.25) is 0 Å². The smallest absolute Gasteiger partial charge is 0.127 e. The monoisotopic (exact) mass is 1490 g/mol. The first-order chi connectivity index (χ1) is 51.6. The van der Waals surface area contributed by atoms with Crippen molar-refractivity contribution in [1.29, 1.82) is 0 Å². The summed E-state index contributed by atoms with van der Waals surface area (Å²) in [4.78, 5) is 0. The van der Waals surface area contributed by atoms with Gasteiger partial charge in [0.1, 0.15) is 68.7 Å². The Hall–Kier alpha value is -7.98. The first-order valence-electron chi connectivity index (χ1n) is 41.7. The minimum absolute atomic E-state index is 0.0194. The Morgan fingerprint density at radius 1 is 0.321 bits per heavy atom. The van der Waals surface area contributed by atoms with Crippen LogP contribution in [0.15, 0.2) is 155 Å². The molecule has 8 N–H and O–H groups in total. The van der Waals surface area contributed by atoms with Gasteiger partial charge in [0.05, 0.1) is 0 Å². The number of hydrogen-bond acceptors (Lipinski definition) is 10. The molecule has 0 amide bonds. The zero-order chi connectivity index (χ0) is 79.9. The van der Waals surface area contributed by atoms with Crippen LogP contribution in [0.1, 0.15) is 325 Å². The minimum atomic E-state index is -0.176. The fraction of sp³-hybridized carbons (Fsp3) is 0.535. The highest BCUT2D eigenvalue weighted by Crippen LogP contribution is 2.57. The second-order valence-corrected chi connectivity index (χ2v) is 34.7. The number of hydrogen-bond donors (Lipinski definition) is 8. The van der Waals surface area contributed by atoms with Crippen LogP contribution in [0.25, 0.3) is 0 Å². The average molecular weight is 1490 g/mol. The van der Waals surface area contributed by atoms with Gasteiger partial charge in [-0.05, 0) is 305 Å². The Labute approximate surface area is 657 Å². The highest BCUT2D eigenvalue weighted by atomic mass is 16.5. The fourth-order valence-corrected chi connectivity index (χ4v) is 18.6. The van der Waals surface area contributed by atoms with Gasteiger partial charge < -0.3 is 50.3 Å². The van der Waals surface area contributed by atoms with E-state index in [4.69, 9.17) is 9.47 Å². The lowest BCUT2D eigenvalue weighted by molar-refractivity contribution is 0.0104. The summed E-state index contributed by atoms with van der Waals surface area (Å²) < 4.78 is 12.6. The van der Waals surface area contributed by atoms with Gasteiger partial charge in [-0.3, -0.25) is 0 Å². The van der Waals surface area contributed by atoms with Crippen molar-refractivity contribution in [3.8, 4) is 57.5 Å². The number of rotatable bonds is 20. The van der Waals surface area contributed by atoms with E-state index < -0.39 is 0 Å². The lowest BCUT2D eigenvalue weighted by atomic mass is 9.68. The summed E-state index contributed by atoms with van der Waals surface area (Å²) in [7, 11) is 0. The van der Waals surface area contributed by atoms with E-state index in [1.807, 2.05) is 57.2 Å². The first kappa shape index (κ1) is 86.6. The van der Waals surface area contributed by atoms with Gasteiger partial charge in [0.2, 0.25) is 0 Å². The van der Waals surface area contributed by atoms with E-state index in [0.29, 0.717) is 40.0 Å². The van der Waals surface area contributed by atoms with Gasteiger partial charge in [0.25, 0.3) is 0 Å². The number of phenolic OH excluding ortho intramolecular Hbond substituents is 8. The molecule has 0 radical (unpaired) electrons. The summed E-state index contributed by atoms with van der Waals surface area (Å²) in [5.41, 5.74) is 19.1. The second kappa shape index (κ2) is 38.8. The lowest BCUT2D eigenvalue weighted by Gasteiger charge is -2.46. The van der Waals surface area contributed by atoms with Crippen molar-refractivity contribution in [2.24, 2.45) is 29.6 Å². The third kappa shape index (κ3) is 21.8. The molecule has 10 atom stereocenters. The molecule has 10 nitrogen and oxygen atoms in total. The zero-order valence-electron chi connectivity index (χ0n) is 69.9. The molecule has 0 fully saturated rings. The number of ether oxygens (including phenoxy) is 2. The van der Waals surface area contributed by atoms with Crippen LogP contribution in [0.5, 0.6) is 57.5 Å². The number of benzene rings is 5. The summed E-state index contributed by atoms with van der Waals surface area (Å²) >= 11 is 0. The number of unbranched alkanes of at least 4 members (excludes halogenated alkanes) is 4. The van der Waals surface area contributed by atoms with Gasteiger partial charge in [-0.2, -0.15) is 0 Å². The molecule has 0 saturated carbocycles. The van der Waals surface area contributed by atoms with Crippen LogP contribution >= 0.6 is 0 Å². The van der Waals surface area contributed by atoms with Crippen LogP contribution in [0.3, 0.4) is 0 Å². The molecule has 5 aliphatic carbocycles. The molecule has 12 rings (SSSR count). The van der Waals surface area contributed by atoms with Crippen molar-refractivity contribution >= 4 is 0 Å². The Morgan fingerprint density at radius 3 is 0.835 bits per heavy atom. The van der Waals surface area contributed by atoms with Gasteiger partial charge in [-0.15, -0.1) is 0 Å². The summed E-state index contributed by atoms with van der Waals surface area (Å²) in [6.07, 6.45) is 36.7. The van der Waals surface area contributed by atoms with Crippen LogP contribution in [-0.4, -0.2) is 52.1 Å². The highest BCUT2D eigenvalue weighted by Gasteiger charge is 2.47. The molecular formula is C99H138O10. The molecule has 0 unspecified atom stereocenters. The number of allylic oxidation sites excluding steroid dienone is 13. The van der Waals surface area contributed by atoms with Crippen LogP contribution < -0.4 is 9.47 Å². The molecule has 0 saturated heterocycles. The quantitative estimate of drug-likeness (QED) is 0.0276. The van der Waals surface area contributed by atoms with E-state index in [0.717, 1.165) is 197 Å². The molecule has 109 heavy (non-hydrogen) atoms. The summed E-state index contributed by atoms with van der Waals surface area (Å²) in [5.74, 6) is 6.25. The molecule has 7 aliphatic rings. The lowest BCUT2D eigenvalue weighted by Crippen LogP contribution is -2.45. The fourth-order valence-electron chi connectivity index (χ4n) is 18.6. The summed E-state index contributed by atoms with van der Waals surface area (Å²) in [5, 5.41) is 84.1. The maximum atomic E-state index is 10.6. The van der Waals surface area contributed by atoms with Gasteiger partial charge in [-0.25, -0.2) is 0 Å². The van der Waals surface area contributed by atoms with Crippen molar-refractivity contribution in [1.82, 2.24) is 0 Å². The van der Waals surface area contributed by atoms with Crippen molar-refractivity contribution in [3.63, 3.8) is 0 Å². The van der Waals surface area contributed by atoms with Gasteiger partial charge >= 0.3 is 0 Å². The number of fused-ring (bicyclic) bond motifs is 6. The zero-order valence-corrected chi connectivity index (χ0v) is 69.9. The molecule has 0 spiro atoms. The maximum Gasteiger partial charge on any atom is 0.127 e. The highest BCUT2D eigenvalue weighted by molar-refractivity contribution is 5.58. The predicted molar refractivity (Wildman–Crippen MR) is 454 cm³/mol. The molecule has 2 heterocycles. The number of phenols is 8. The Bertz CT molecular complexity index is 4090. The standard InChI is InChI=1S/C21H30O2.2C20H28O2.2C19H26O2/c1-5-6-7-8-16-12-19(22)21(20(23)13-16)18-11-15(4)9-10-17(18)14(2)3;1-5-6-7-14-11-17(21)19-15-10-13(2)8-9-16(15)20(3,4)22-18(19)12-14;1-5-6-7-15-11-18(21)20(19(22)12-15)17-10-14(4)8-9-16(17)13(2)3;1-5-6-13-10-16(20)18-14-9-12(2)7-8-15(14)19(3,4)21-17(18)11-13;1-5-6-14-10-17(20)19(18(21)11-14)16-9-13(4)7-8-15(16)12(2)3/h11-13,17-18,22-23H,2,5-10H2,1,3-4H3;10-12,15-16,21H,5-9H2,1-4H3;10-12,16-17,21-22H,2,5-9H2,1,3-4H3;9-11,14-15,20H,5-8H2,1-4H3;9-11,15-16,20-21H,2,5-8H2,1,3-4H3/t17-,18+;15-,16-;16-,17+;14-,15-;15-,16+/m01010/s1. The number of aromatic hydroxyl groups is 8. The Morgan fingerprint density at radius 2 is 0.560 bits per heavy atom. The van der Waals surface area contributed by atoms with E-state index in [2.05, 4.69) is 159 Å². The minimum Gasteiger partial charge on any atom is -0.507 e. The van der Waals surface area contributed by atoms with E-state index in [1.165, 1.54) is 51.8 Å². The van der Waals surface area contributed by atoms with E-state index >= 15 is 0 Å². The molecule has 2 aliphatic heterocycles. The van der Waals surface area contributed by atoms with Crippen LogP contribution in [0, 0.1) is 29.6 Å². The van der Waals surface area contributed by atoms with E-state index in [9.17, 15) is 40.9 Å². The second-order valence-electron chi connectivity index (χ2n) is 34.7. The molecular weight excluding hydrogens is 1350 g/mol. The normalized spacial score (nSPS) is 23.3. The number of aryl methyl sites for hydroxylation is 5. The van der Waals surface area contributed by atoms with Gasteiger partial charge in [0.15, 0.2) is 0 Å². The van der Waals surface area contributed by atoms with E-state index in [-0.39, 0.29) is 93.0 Å². The topological polar surface area (TPSA) is 180 Å². The largest absolute Gasteiger partial charge is 0.507 e. The molecule has 5 aromatic rings. The molecule has 594 valence electrons. The third-order valence-corrected chi connectivity index (χ3v) is 24.6. The van der Waals surface area contributed by atoms with Crippen molar-refractivity contribution in [2.45, 2.75) is 313 Å². The van der Waals surface area contributed by atoms with Gasteiger partial charge in [-0.1, -0.05) is 168 Å². The average Bonchev–Trinajstić information content (AvgIpc) is 0.745. The molecule has 5 aromatic carbocycles. The van der Waals surface area contributed by atoms with Crippen LogP contribution in [-0.2, 0) is 32.1 Å². The summed E-state index contributed by atoms with van der Waals surface area (Å²) in [6, 6.07) is 19.1. The van der Waals surface area contributed by atoms with Crippen molar-refractivity contribution in [2.75, 3.05) is 0 Å². The molecule has 0 aromatic heterocycles. The Kier molecular flexibility index (Phi) is 30.8. The SMILES string of the molecule is C=C(C)[C@@H]1CCC(C)=C[C@H]1c1c(O)cc(CCC)cc1O.C=C(C)[C@@H]1CCC(C)=C[C@H]1c1c(O)cc(CCCC)cc1O.C=C(C)[C@@H]1CCC(C)=C[C@H]1c1c(O)cc(CCCCC)cc1O.CCCCc1cc(O)c2c(c1)OC(C)(C)[C@@H]1CCC(C)=C[C@@H]21.CCCc1cc(O)c2c(c1)OC(C)(C)[C@@H]1CCC(C)=C[C@@H]21. The Balaban J connectivity index is 0.000000172. The van der Waals surface area contributed by atoms with Crippen LogP contribution in [0.4, 0.5) is 0 Å². The first-order valence-corrected chi connectivity index (χ1v) is 41.7. The maximum absolute atomic E-state index is 10.6. The molecule has 0 bridgehead atoms.